The van der Waals surface area contributed by atoms with Crippen molar-refractivity contribution < 1.29 is 9.47 Å². The number of ether oxygens (including phenoxy) is 2. The van der Waals surface area contributed by atoms with Crippen LogP contribution in [0.4, 0.5) is 0 Å². The van der Waals surface area contributed by atoms with Crippen molar-refractivity contribution in [2.45, 2.75) is 26.1 Å². The van der Waals surface area contributed by atoms with Crippen molar-refractivity contribution in [1.29, 1.82) is 0 Å². The minimum absolute atomic E-state index is 0.0566. The summed E-state index contributed by atoms with van der Waals surface area (Å²) in [4.78, 5) is 0. The Labute approximate surface area is 111 Å². The van der Waals surface area contributed by atoms with Crippen LogP contribution in [0.15, 0.2) is 28.7 Å². The van der Waals surface area contributed by atoms with Crippen LogP contribution in [0, 0.1) is 0 Å². The van der Waals surface area contributed by atoms with Gasteiger partial charge in [-0.2, -0.15) is 0 Å². The van der Waals surface area contributed by atoms with E-state index in [1.54, 1.807) is 0 Å². The fourth-order valence-electron chi connectivity index (χ4n) is 1.45. The largest absolute Gasteiger partial charge is 0.376 e. The van der Waals surface area contributed by atoms with Crippen LogP contribution in [0.1, 0.15) is 25.5 Å². The summed E-state index contributed by atoms with van der Waals surface area (Å²) in [5.74, 6) is 0. The maximum absolute atomic E-state index is 5.71. The average molecular weight is 302 g/mol. The SMILES string of the molecule is CC(C)OCCOC(CN)c1ccc(Br)cc1. The highest BCUT2D eigenvalue weighted by atomic mass is 79.9. The number of rotatable bonds is 7. The zero-order chi connectivity index (χ0) is 12.7. The summed E-state index contributed by atoms with van der Waals surface area (Å²) < 4.78 is 12.2. The Bertz CT molecular complexity index is 314. The van der Waals surface area contributed by atoms with E-state index in [0.717, 1.165) is 10.0 Å². The smallest absolute Gasteiger partial charge is 0.0948 e. The second-order valence-electron chi connectivity index (χ2n) is 4.07. The average Bonchev–Trinajstić information content (AvgIpc) is 2.30. The number of nitrogens with two attached hydrogens (primary N) is 1. The highest BCUT2D eigenvalue weighted by molar-refractivity contribution is 9.10. The van der Waals surface area contributed by atoms with E-state index in [4.69, 9.17) is 15.2 Å². The molecule has 96 valence electrons. The van der Waals surface area contributed by atoms with Crippen molar-refractivity contribution in [3.05, 3.63) is 34.3 Å². The predicted octanol–water partition coefficient (Wildman–Crippen LogP) is 2.89. The van der Waals surface area contributed by atoms with Gasteiger partial charge in [0.25, 0.3) is 0 Å². The molecule has 1 atom stereocenters. The summed E-state index contributed by atoms with van der Waals surface area (Å²) in [7, 11) is 0. The second kappa shape index (κ2) is 7.82. The lowest BCUT2D eigenvalue weighted by Gasteiger charge is -2.17. The van der Waals surface area contributed by atoms with E-state index in [9.17, 15) is 0 Å². The molecule has 0 aromatic heterocycles. The number of hydrogen-bond donors (Lipinski definition) is 1. The number of benzene rings is 1. The topological polar surface area (TPSA) is 44.5 Å². The highest BCUT2D eigenvalue weighted by Crippen LogP contribution is 2.19. The quantitative estimate of drug-likeness (QED) is 0.788. The van der Waals surface area contributed by atoms with Crippen LogP contribution in [0.5, 0.6) is 0 Å². The highest BCUT2D eigenvalue weighted by Gasteiger charge is 2.09. The van der Waals surface area contributed by atoms with E-state index >= 15 is 0 Å². The van der Waals surface area contributed by atoms with Crippen LogP contribution in [-0.4, -0.2) is 25.9 Å². The van der Waals surface area contributed by atoms with Crippen LogP contribution in [0.25, 0.3) is 0 Å². The van der Waals surface area contributed by atoms with Crippen molar-refractivity contribution in [3.8, 4) is 0 Å². The van der Waals surface area contributed by atoms with Gasteiger partial charge < -0.3 is 15.2 Å². The molecule has 1 aromatic carbocycles. The lowest BCUT2D eigenvalue weighted by Crippen LogP contribution is -2.19. The molecule has 1 aromatic rings. The molecule has 17 heavy (non-hydrogen) atoms. The van der Waals surface area contributed by atoms with Gasteiger partial charge in [-0.05, 0) is 31.5 Å². The molecule has 1 rings (SSSR count). The zero-order valence-corrected chi connectivity index (χ0v) is 11.9. The molecule has 0 bridgehead atoms. The molecule has 2 N–H and O–H groups in total. The van der Waals surface area contributed by atoms with E-state index in [-0.39, 0.29) is 12.2 Å². The van der Waals surface area contributed by atoms with E-state index in [0.29, 0.717) is 19.8 Å². The van der Waals surface area contributed by atoms with Crippen LogP contribution >= 0.6 is 15.9 Å². The molecule has 0 aliphatic heterocycles. The molecule has 0 fully saturated rings. The Morgan fingerprint density at radius 1 is 1.12 bits per heavy atom. The Morgan fingerprint density at radius 2 is 1.71 bits per heavy atom. The standard InChI is InChI=1S/C13H20BrNO2/c1-10(2)16-7-8-17-13(9-15)11-3-5-12(14)6-4-11/h3-6,10,13H,7-9,15H2,1-2H3. The molecular weight excluding hydrogens is 282 g/mol. The first kappa shape index (κ1) is 14.6. The van der Waals surface area contributed by atoms with Gasteiger partial charge in [0.1, 0.15) is 0 Å². The van der Waals surface area contributed by atoms with Crippen molar-refractivity contribution >= 4 is 15.9 Å². The van der Waals surface area contributed by atoms with Gasteiger partial charge >= 0.3 is 0 Å². The summed E-state index contributed by atoms with van der Waals surface area (Å²) in [6.07, 6.45) is 0.182. The van der Waals surface area contributed by atoms with Gasteiger partial charge in [0.2, 0.25) is 0 Å². The summed E-state index contributed by atoms with van der Waals surface area (Å²) >= 11 is 3.40. The molecule has 0 saturated carbocycles. The molecule has 0 amide bonds. The summed E-state index contributed by atoms with van der Waals surface area (Å²) in [5, 5.41) is 0. The Morgan fingerprint density at radius 3 is 2.24 bits per heavy atom. The Hall–Kier alpha value is -0.420. The third kappa shape index (κ3) is 5.64. The van der Waals surface area contributed by atoms with Gasteiger partial charge in [-0.1, -0.05) is 28.1 Å². The zero-order valence-electron chi connectivity index (χ0n) is 10.4. The van der Waals surface area contributed by atoms with Crippen LogP contribution in [0.2, 0.25) is 0 Å². The van der Waals surface area contributed by atoms with Gasteiger partial charge in [-0.15, -0.1) is 0 Å². The summed E-state index contributed by atoms with van der Waals surface area (Å²) in [5.41, 5.74) is 6.80. The summed E-state index contributed by atoms with van der Waals surface area (Å²) in [6.45, 7) is 5.66. The van der Waals surface area contributed by atoms with Gasteiger partial charge in [-0.25, -0.2) is 0 Å². The Kier molecular flexibility index (Phi) is 6.73. The van der Waals surface area contributed by atoms with E-state index in [1.165, 1.54) is 0 Å². The van der Waals surface area contributed by atoms with Gasteiger partial charge in [0.15, 0.2) is 0 Å². The van der Waals surface area contributed by atoms with Gasteiger partial charge in [0, 0.05) is 11.0 Å². The number of hydrogen-bond acceptors (Lipinski definition) is 3. The van der Waals surface area contributed by atoms with Crippen molar-refractivity contribution in [1.82, 2.24) is 0 Å². The first-order valence-electron chi connectivity index (χ1n) is 5.82. The summed E-state index contributed by atoms with van der Waals surface area (Å²) in [6, 6.07) is 8.02. The third-order valence-electron chi connectivity index (χ3n) is 2.31. The minimum Gasteiger partial charge on any atom is -0.376 e. The number of halogens is 1. The Balaban J connectivity index is 2.40. The fourth-order valence-corrected chi connectivity index (χ4v) is 1.72. The molecule has 0 saturated heterocycles. The third-order valence-corrected chi connectivity index (χ3v) is 2.84. The molecule has 3 nitrogen and oxygen atoms in total. The van der Waals surface area contributed by atoms with E-state index < -0.39 is 0 Å². The van der Waals surface area contributed by atoms with Crippen molar-refractivity contribution in [2.75, 3.05) is 19.8 Å². The second-order valence-corrected chi connectivity index (χ2v) is 4.98. The van der Waals surface area contributed by atoms with Crippen molar-refractivity contribution in [3.63, 3.8) is 0 Å². The molecule has 0 aliphatic carbocycles. The molecular formula is C13H20BrNO2. The van der Waals surface area contributed by atoms with E-state index in [1.807, 2.05) is 38.1 Å². The maximum Gasteiger partial charge on any atom is 0.0948 e. The maximum atomic E-state index is 5.71. The normalized spacial score (nSPS) is 13.0. The van der Waals surface area contributed by atoms with Crippen molar-refractivity contribution in [2.24, 2.45) is 5.73 Å². The molecule has 0 aliphatic rings. The van der Waals surface area contributed by atoms with Crippen LogP contribution < -0.4 is 5.73 Å². The molecule has 0 heterocycles. The van der Waals surface area contributed by atoms with Crippen LogP contribution in [-0.2, 0) is 9.47 Å². The predicted molar refractivity (Wildman–Crippen MR) is 73.0 cm³/mol. The molecule has 1 unspecified atom stereocenters. The molecule has 0 spiro atoms. The van der Waals surface area contributed by atoms with Gasteiger partial charge in [0.05, 0.1) is 25.4 Å². The lowest BCUT2D eigenvalue weighted by atomic mass is 10.1. The molecule has 4 heteroatoms. The monoisotopic (exact) mass is 301 g/mol. The van der Waals surface area contributed by atoms with Gasteiger partial charge in [-0.3, -0.25) is 0 Å². The van der Waals surface area contributed by atoms with E-state index in [2.05, 4.69) is 15.9 Å². The first-order chi connectivity index (χ1) is 8.13. The fraction of sp³-hybridized carbons (Fsp3) is 0.538. The molecule has 0 radical (unpaired) electrons. The lowest BCUT2D eigenvalue weighted by molar-refractivity contribution is -0.0104. The first-order valence-corrected chi connectivity index (χ1v) is 6.61. The van der Waals surface area contributed by atoms with Crippen LogP contribution in [0.3, 0.4) is 0 Å². The minimum atomic E-state index is -0.0566.